The highest BCUT2D eigenvalue weighted by Gasteiger charge is 2.21. The van der Waals surface area contributed by atoms with E-state index in [1.54, 1.807) is 0 Å². The van der Waals surface area contributed by atoms with Crippen LogP contribution in [0.1, 0.15) is 39.2 Å². The number of hydrogen-bond acceptors (Lipinski definition) is 2. The minimum atomic E-state index is -0.434. The van der Waals surface area contributed by atoms with Gasteiger partial charge in [0.2, 0.25) is 5.91 Å². The van der Waals surface area contributed by atoms with Crippen LogP contribution in [0, 0.1) is 0 Å². The Morgan fingerprint density at radius 1 is 1.33 bits per heavy atom. The van der Waals surface area contributed by atoms with E-state index in [-0.39, 0.29) is 11.4 Å². The van der Waals surface area contributed by atoms with Gasteiger partial charge in [0.05, 0.1) is 6.04 Å². The first-order valence-electron chi connectivity index (χ1n) is 6.56. The monoisotopic (exact) mass is 248 g/mol. The molecule has 3 N–H and O–H groups in total. The van der Waals surface area contributed by atoms with Crippen molar-refractivity contribution in [2.24, 2.45) is 5.73 Å². The topological polar surface area (TPSA) is 55.1 Å². The molecule has 0 bridgehead atoms. The summed E-state index contributed by atoms with van der Waals surface area (Å²) in [5.41, 5.74) is 6.95. The molecule has 0 radical (unpaired) electrons. The van der Waals surface area contributed by atoms with Crippen LogP contribution < -0.4 is 11.1 Å². The number of benzene rings is 1. The molecule has 0 spiro atoms. The second-order valence-electron chi connectivity index (χ2n) is 5.36. The molecule has 0 saturated carbocycles. The summed E-state index contributed by atoms with van der Waals surface area (Å²) in [6.45, 7) is 6.07. The highest BCUT2D eigenvalue weighted by Crippen LogP contribution is 2.09. The van der Waals surface area contributed by atoms with E-state index in [1.165, 1.54) is 5.56 Å². The van der Waals surface area contributed by atoms with Crippen molar-refractivity contribution in [1.82, 2.24) is 5.32 Å². The first kappa shape index (κ1) is 14.7. The molecule has 1 atom stereocenters. The molecular formula is C15H24N2O. The lowest BCUT2D eigenvalue weighted by Crippen LogP contribution is -2.50. The molecular weight excluding hydrogens is 224 g/mol. The van der Waals surface area contributed by atoms with Crippen LogP contribution in [0.4, 0.5) is 0 Å². The summed E-state index contributed by atoms with van der Waals surface area (Å²) in [4.78, 5) is 11.9. The molecule has 1 aromatic carbocycles. The van der Waals surface area contributed by atoms with Gasteiger partial charge in [-0.25, -0.2) is 0 Å². The fourth-order valence-electron chi connectivity index (χ4n) is 1.61. The SMILES string of the molecule is CCC(C)(C)NC(=O)C(N)CCc1ccccc1. The van der Waals surface area contributed by atoms with Gasteiger partial charge in [0, 0.05) is 5.54 Å². The molecule has 0 fully saturated rings. The van der Waals surface area contributed by atoms with Crippen LogP contribution in [-0.2, 0) is 11.2 Å². The predicted octanol–water partition coefficient (Wildman–Crippen LogP) is 2.25. The summed E-state index contributed by atoms with van der Waals surface area (Å²) in [6.07, 6.45) is 2.40. The van der Waals surface area contributed by atoms with E-state index in [0.29, 0.717) is 6.42 Å². The third-order valence-electron chi connectivity index (χ3n) is 3.27. The summed E-state index contributed by atoms with van der Waals surface area (Å²) >= 11 is 0. The smallest absolute Gasteiger partial charge is 0.237 e. The quantitative estimate of drug-likeness (QED) is 0.811. The van der Waals surface area contributed by atoms with Crippen LogP contribution >= 0.6 is 0 Å². The molecule has 0 aliphatic heterocycles. The van der Waals surface area contributed by atoms with Gasteiger partial charge in [0.25, 0.3) is 0 Å². The van der Waals surface area contributed by atoms with Gasteiger partial charge in [-0.1, -0.05) is 37.3 Å². The van der Waals surface area contributed by atoms with Crippen molar-refractivity contribution in [3.63, 3.8) is 0 Å². The molecule has 100 valence electrons. The number of nitrogens with one attached hydrogen (secondary N) is 1. The molecule has 0 aliphatic carbocycles. The number of nitrogens with two attached hydrogens (primary N) is 1. The Hall–Kier alpha value is -1.35. The zero-order chi connectivity index (χ0) is 13.6. The van der Waals surface area contributed by atoms with Crippen molar-refractivity contribution >= 4 is 5.91 Å². The van der Waals surface area contributed by atoms with E-state index in [4.69, 9.17) is 5.73 Å². The van der Waals surface area contributed by atoms with E-state index >= 15 is 0 Å². The molecule has 3 heteroatoms. The third-order valence-corrected chi connectivity index (χ3v) is 3.27. The highest BCUT2D eigenvalue weighted by molar-refractivity contribution is 5.82. The van der Waals surface area contributed by atoms with E-state index in [0.717, 1.165) is 12.8 Å². The van der Waals surface area contributed by atoms with Gasteiger partial charge in [0.1, 0.15) is 0 Å². The maximum Gasteiger partial charge on any atom is 0.237 e. The molecule has 0 aliphatic rings. The van der Waals surface area contributed by atoms with Crippen LogP contribution in [-0.4, -0.2) is 17.5 Å². The predicted molar refractivity (Wildman–Crippen MR) is 75.3 cm³/mol. The van der Waals surface area contributed by atoms with Crippen molar-refractivity contribution in [1.29, 1.82) is 0 Å². The maximum absolute atomic E-state index is 11.9. The van der Waals surface area contributed by atoms with Crippen LogP contribution in [0.2, 0.25) is 0 Å². The van der Waals surface area contributed by atoms with Crippen LogP contribution in [0.3, 0.4) is 0 Å². The highest BCUT2D eigenvalue weighted by atomic mass is 16.2. The Morgan fingerprint density at radius 2 is 1.94 bits per heavy atom. The minimum Gasteiger partial charge on any atom is -0.350 e. The molecule has 3 nitrogen and oxygen atoms in total. The molecule has 18 heavy (non-hydrogen) atoms. The number of carbonyl (C=O) groups excluding carboxylic acids is 1. The number of rotatable bonds is 6. The lowest BCUT2D eigenvalue weighted by atomic mass is 10.00. The Balaban J connectivity index is 2.41. The van der Waals surface area contributed by atoms with E-state index in [9.17, 15) is 4.79 Å². The number of hydrogen-bond donors (Lipinski definition) is 2. The molecule has 1 amide bonds. The van der Waals surface area contributed by atoms with Crippen LogP contribution in [0.25, 0.3) is 0 Å². The Kier molecular flexibility index (Phi) is 5.35. The zero-order valence-corrected chi connectivity index (χ0v) is 11.6. The third kappa shape index (κ3) is 4.88. The van der Waals surface area contributed by atoms with Crippen molar-refractivity contribution in [2.45, 2.75) is 51.6 Å². The molecule has 1 aromatic rings. The van der Waals surface area contributed by atoms with E-state index in [1.807, 2.05) is 32.0 Å². The minimum absolute atomic E-state index is 0.0576. The number of amides is 1. The second kappa shape index (κ2) is 6.55. The first-order valence-corrected chi connectivity index (χ1v) is 6.56. The second-order valence-corrected chi connectivity index (χ2v) is 5.36. The maximum atomic E-state index is 11.9. The Morgan fingerprint density at radius 3 is 2.50 bits per heavy atom. The summed E-state index contributed by atoms with van der Waals surface area (Å²) in [5.74, 6) is -0.0576. The van der Waals surface area contributed by atoms with E-state index < -0.39 is 6.04 Å². The molecule has 0 saturated heterocycles. The van der Waals surface area contributed by atoms with Crippen LogP contribution in [0.15, 0.2) is 30.3 Å². The largest absolute Gasteiger partial charge is 0.350 e. The summed E-state index contributed by atoms with van der Waals surface area (Å²) in [7, 11) is 0. The lowest BCUT2D eigenvalue weighted by Gasteiger charge is -2.26. The number of aryl methyl sites for hydroxylation is 1. The Bertz CT molecular complexity index is 373. The molecule has 1 rings (SSSR count). The van der Waals surface area contributed by atoms with Crippen molar-refractivity contribution in [2.75, 3.05) is 0 Å². The van der Waals surface area contributed by atoms with Gasteiger partial charge in [-0.2, -0.15) is 0 Å². The molecule has 1 unspecified atom stereocenters. The summed E-state index contributed by atoms with van der Waals surface area (Å²) < 4.78 is 0. The Labute approximate surface area is 110 Å². The fourth-order valence-corrected chi connectivity index (χ4v) is 1.61. The van der Waals surface area contributed by atoms with Gasteiger partial charge in [0.15, 0.2) is 0 Å². The lowest BCUT2D eigenvalue weighted by molar-refractivity contribution is -0.124. The van der Waals surface area contributed by atoms with Gasteiger partial charge in [-0.3, -0.25) is 4.79 Å². The molecule has 0 heterocycles. The van der Waals surface area contributed by atoms with Gasteiger partial charge in [-0.05, 0) is 38.7 Å². The normalized spacial score (nSPS) is 13.1. The molecule has 0 aromatic heterocycles. The van der Waals surface area contributed by atoms with Crippen molar-refractivity contribution < 1.29 is 4.79 Å². The van der Waals surface area contributed by atoms with Gasteiger partial charge in [-0.15, -0.1) is 0 Å². The zero-order valence-electron chi connectivity index (χ0n) is 11.6. The van der Waals surface area contributed by atoms with E-state index in [2.05, 4.69) is 24.4 Å². The summed E-state index contributed by atoms with van der Waals surface area (Å²) in [6, 6.07) is 9.67. The van der Waals surface area contributed by atoms with Gasteiger partial charge < -0.3 is 11.1 Å². The first-order chi connectivity index (χ1) is 8.44. The van der Waals surface area contributed by atoms with Gasteiger partial charge >= 0.3 is 0 Å². The average molecular weight is 248 g/mol. The number of carbonyl (C=O) groups is 1. The van der Waals surface area contributed by atoms with Crippen molar-refractivity contribution in [3.05, 3.63) is 35.9 Å². The van der Waals surface area contributed by atoms with Crippen molar-refractivity contribution in [3.8, 4) is 0 Å². The summed E-state index contributed by atoms with van der Waals surface area (Å²) in [5, 5.41) is 2.98. The van der Waals surface area contributed by atoms with Crippen LogP contribution in [0.5, 0.6) is 0 Å². The fraction of sp³-hybridized carbons (Fsp3) is 0.533. The standard InChI is InChI=1S/C15H24N2O/c1-4-15(2,3)17-14(18)13(16)11-10-12-8-6-5-7-9-12/h5-9,13H,4,10-11,16H2,1-3H3,(H,17,18). The average Bonchev–Trinajstić information content (AvgIpc) is 2.36.